The lowest BCUT2D eigenvalue weighted by atomic mass is 9.46. The highest BCUT2D eigenvalue weighted by Crippen LogP contribution is 2.67. The molecular weight excluding hydrogens is 312 g/mol. The molecule has 4 aliphatic rings. The zero-order chi connectivity index (χ0) is 18.0. The number of carbonyl (C=O) groups excluding carboxylic acids is 1. The molecule has 4 rings (SSSR count). The van der Waals surface area contributed by atoms with Crippen molar-refractivity contribution in [2.75, 3.05) is 6.61 Å². The van der Waals surface area contributed by atoms with E-state index >= 15 is 0 Å². The molecule has 0 aromatic carbocycles. The third-order valence-electron chi connectivity index (χ3n) is 9.05. The van der Waals surface area contributed by atoms with Crippen molar-refractivity contribution < 1.29 is 15.0 Å². The highest BCUT2D eigenvalue weighted by atomic mass is 16.3. The molecule has 3 heteroatoms. The topological polar surface area (TPSA) is 61.9 Å². The van der Waals surface area contributed by atoms with Crippen LogP contribution in [0.2, 0.25) is 0 Å². The lowest BCUT2D eigenvalue weighted by Crippen LogP contribution is -2.55. The number of aliphatic hydroxyl groups excluding tert-OH is 2. The molecule has 140 valence electrons. The fourth-order valence-corrected chi connectivity index (χ4v) is 7.64. The van der Waals surface area contributed by atoms with Crippen LogP contribution in [-0.2, 0) is 0 Å². The fourth-order valence-electron chi connectivity index (χ4n) is 7.64. The van der Waals surface area contributed by atoms with Gasteiger partial charge in [0.05, 0.1) is 12.5 Å². The van der Waals surface area contributed by atoms with Gasteiger partial charge in [-0.05, 0) is 78.9 Å². The van der Waals surface area contributed by atoms with Gasteiger partial charge in [0.25, 0.3) is 0 Å². The fraction of sp³-hybridized carbons (Fsp3) is 0.864. The second-order valence-electron chi connectivity index (χ2n) is 10.0. The molecule has 0 aromatic heterocycles. The molecule has 0 aliphatic heterocycles. The van der Waals surface area contributed by atoms with Crippen LogP contribution in [-0.4, -0.2) is 33.5 Å². The van der Waals surface area contributed by atoms with Crippen LogP contribution in [0.15, 0.2) is 11.6 Å². The molecule has 0 saturated heterocycles. The van der Waals surface area contributed by atoms with Gasteiger partial charge in [-0.3, -0.25) is 4.79 Å². The SMILES string of the molecule is C[C@H](CO)[C@H]1CCC2C3C(CC[C@@]21C)[C@@]1(C)CCC(=[OH+])C=C1C[C@H]3O. The maximum Gasteiger partial charge on any atom is 0.316 e. The molecule has 4 aliphatic carbocycles. The first-order chi connectivity index (χ1) is 11.8. The maximum absolute atomic E-state index is 11.1. The summed E-state index contributed by atoms with van der Waals surface area (Å²) in [5.74, 6) is 2.95. The monoisotopic (exact) mass is 347 g/mol. The molecule has 3 unspecified atom stereocenters. The van der Waals surface area contributed by atoms with Crippen molar-refractivity contribution in [3.63, 3.8) is 0 Å². The summed E-state index contributed by atoms with van der Waals surface area (Å²) in [6, 6.07) is 0. The highest BCUT2D eigenvalue weighted by molar-refractivity contribution is 5.92. The van der Waals surface area contributed by atoms with E-state index < -0.39 is 0 Å². The van der Waals surface area contributed by atoms with Crippen LogP contribution >= 0.6 is 0 Å². The second kappa shape index (κ2) is 5.92. The van der Waals surface area contributed by atoms with E-state index in [-0.39, 0.29) is 23.5 Å². The van der Waals surface area contributed by atoms with Crippen molar-refractivity contribution in [1.29, 1.82) is 0 Å². The van der Waals surface area contributed by atoms with E-state index in [1.807, 2.05) is 6.08 Å². The van der Waals surface area contributed by atoms with E-state index in [1.54, 1.807) is 0 Å². The minimum Gasteiger partial charge on any atom is -0.396 e. The molecule has 3 nitrogen and oxygen atoms in total. The average molecular weight is 348 g/mol. The van der Waals surface area contributed by atoms with Crippen molar-refractivity contribution in [2.24, 2.45) is 40.4 Å². The lowest BCUT2D eigenvalue weighted by Gasteiger charge is -2.59. The predicted molar refractivity (Wildman–Crippen MR) is 99.8 cm³/mol. The Morgan fingerprint density at radius 1 is 1.20 bits per heavy atom. The summed E-state index contributed by atoms with van der Waals surface area (Å²) >= 11 is 0. The summed E-state index contributed by atoms with van der Waals surface area (Å²) in [7, 11) is 0. The third-order valence-corrected chi connectivity index (χ3v) is 9.05. The van der Waals surface area contributed by atoms with Gasteiger partial charge < -0.3 is 10.2 Å². The van der Waals surface area contributed by atoms with Crippen molar-refractivity contribution in [3.8, 4) is 0 Å². The van der Waals surface area contributed by atoms with Gasteiger partial charge in [0.2, 0.25) is 0 Å². The van der Waals surface area contributed by atoms with E-state index in [9.17, 15) is 15.0 Å². The van der Waals surface area contributed by atoms with Gasteiger partial charge in [0.1, 0.15) is 0 Å². The van der Waals surface area contributed by atoms with E-state index in [2.05, 4.69) is 20.8 Å². The number of hydrogen-bond acceptors (Lipinski definition) is 2. The Bertz CT molecular complexity index is 596. The Balaban J connectivity index is 1.68. The molecule has 3 N–H and O–H groups in total. The Morgan fingerprint density at radius 3 is 2.68 bits per heavy atom. The zero-order valence-corrected chi connectivity index (χ0v) is 16.0. The number of ketones is 1. The van der Waals surface area contributed by atoms with E-state index in [0.717, 1.165) is 19.3 Å². The van der Waals surface area contributed by atoms with Crippen LogP contribution in [0.3, 0.4) is 0 Å². The summed E-state index contributed by atoms with van der Waals surface area (Å²) in [6.45, 7) is 7.31. The highest BCUT2D eigenvalue weighted by Gasteiger charge is 2.61. The summed E-state index contributed by atoms with van der Waals surface area (Å²) in [6.07, 6.45) is 9.05. The number of fused-ring (bicyclic) bond motifs is 5. The van der Waals surface area contributed by atoms with Crippen molar-refractivity contribution in [3.05, 3.63) is 11.6 Å². The molecule has 0 spiro atoms. The minimum absolute atomic E-state index is 0.151. The molecule has 0 radical (unpaired) electrons. The quantitative estimate of drug-likeness (QED) is 0.748. The Labute approximate surface area is 151 Å². The largest absolute Gasteiger partial charge is 0.396 e. The second-order valence-corrected chi connectivity index (χ2v) is 10.0. The minimum atomic E-state index is -0.275. The predicted octanol–water partition coefficient (Wildman–Crippen LogP) is 3.71. The smallest absolute Gasteiger partial charge is 0.316 e. The van der Waals surface area contributed by atoms with E-state index in [0.29, 0.717) is 35.4 Å². The molecule has 3 saturated carbocycles. The zero-order valence-electron chi connectivity index (χ0n) is 16.0. The third kappa shape index (κ3) is 2.41. The molecule has 3 fully saturated rings. The van der Waals surface area contributed by atoms with Crippen LogP contribution in [0.5, 0.6) is 0 Å². The van der Waals surface area contributed by atoms with Crippen molar-refractivity contribution >= 4 is 5.78 Å². The van der Waals surface area contributed by atoms with Gasteiger partial charge in [0, 0.05) is 12.7 Å². The standard InChI is InChI=1S/C22H34O3/c1-13(12-23)16-4-5-17-20-18(7-9-22(16,17)3)21(2)8-6-15(24)10-14(21)11-19(20)25/h10,13,16-20,23,25H,4-9,11-12H2,1-3H3/p+1/t13-,16-,17?,18?,19-,20?,21+,22-/m1/s1. The Hall–Kier alpha value is -0.670. The van der Waals surface area contributed by atoms with Crippen LogP contribution in [0.1, 0.15) is 65.7 Å². The van der Waals surface area contributed by atoms with Gasteiger partial charge in [-0.15, -0.1) is 0 Å². The number of rotatable bonds is 2. The van der Waals surface area contributed by atoms with Crippen LogP contribution in [0, 0.1) is 40.4 Å². The van der Waals surface area contributed by atoms with Crippen LogP contribution in [0.25, 0.3) is 0 Å². The molecule has 25 heavy (non-hydrogen) atoms. The lowest BCUT2D eigenvalue weighted by molar-refractivity contribution is -0.112. The Morgan fingerprint density at radius 2 is 1.96 bits per heavy atom. The molecule has 0 aromatic rings. The summed E-state index contributed by atoms with van der Waals surface area (Å²) in [5.41, 5.74) is 1.70. The maximum atomic E-state index is 11.1. The van der Waals surface area contributed by atoms with Gasteiger partial charge in [-0.25, -0.2) is 0 Å². The first-order valence-corrected chi connectivity index (χ1v) is 10.4. The van der Waals surface area contributed by atoms with Crippen LogP contribution < -0.4 is 0 Å². The average Bonchev–Trinajstić information content (AvgIpc) is 2.93. The normalized spacial score (nSPS) is 50.5. The van der Waals surface area contributed by atoms with Gasteiger partial charge >= 0.3 is 5.78 Å². The van der Waals surface area contributed by atoms with Gasteiger partial charge in [-0.2, -0.15) is 0 Å². The summed E-state index contributed by atoms with van der Waals surface area (Å²) in [5, 5.41) is 20.8. The molecular formula is C22H35O3+. The number of aliphatic hydroxyl groups is 2. The van der Waals surface area contributed by atoms with E-state index in [1.165, 1.54) is 31.3 Å². The molecule has 0 amide bonds. The first-order valence-electron chi connectivity index (χ1n) is 10.4. The summed E-state index contributed by atoms with van der Waals surface area (Å²) < 4.78 is 0. The number of hydrogen-bond donors (Lipinski definition) is 2. The van der Waals surface area contributed by atoms with Crippen molar-refractivity contribution in [1.82, 2.24) is 0 Å². The van der Waals surface area contributed by atoms with Gasteiger partial charge in [-0.1, -0.05) is 26.3 Å². The first kappa shape index (κ1) is 17.7. The van der Waals surface area contributed by atoms with Gasteiger partial charge in [0.15, 0.2) is 0 Å². The van der Waals surface area contributed by atoms with Crippen LogP contribution in [0.4, 0.5) is 0 Å². The van der Waals surface area contributed by atoms with E-state index in [4.69, 9.17) is 0 Å². The molecule has 8 atom stereocenters. The van der Waals surface area contributed by atoms with Crippen molar-refractivity contribution in [2.45, 2.75) is 71.8 Å². The molecule has 0 heterocycles. The molecule has 0 bridgehead atoms. The summed E-state index contributed by atoms with van der Waals surface area (Å²) in [4.78, 5) is 9.99. The Kier molecular flexibility index (Phi) is 4.20.